The first-order valence-electron chi connectivity index (χ1n) is 10.3. The number of amides is 1. The standard InChI is InChI=1S/C25H20N4O3S/c1-16(30)29-21-14-7-6-13-20(21)22-23(26-25(33-2)28-27-22)32-24(29)17-9-8-12-19(15-17)31-18-10-4-3-5-11-18/h3-15,24H,1-2H3/t24-/m1/s1. The molecule has 0 radical (unpaired) electrons. The van der Waals surface area contributed by atoms with Gasteiger partial charge in [0.2, 0.25) is 23.2 Å². The molecule has 0 unspecified atom stereocenters. The van der Waals surface area contributed by atoms with Crippen molar-refractivity contribution in [3.63, 3.8) is 0 Å². The molecule has 0 saturated heterocycles. The first-order valence-corrected chi connectivity index (χ1v) is 11.5. The Kier molecular flexibility index (Phi) is 5.66. The van der Waals surface area contributed by atoms with E-state index in [1.54, 1.807) is 4.90 Å². The third-order valence-corrected chi connectivity index (χ3v) is 5.69. The number of para-hydroxylation sites is 2. The van der Waals surface area contributed by atoms with Crippen LogP contribution < -0.4 is 14.4 Å². The Bertz CT molecular complexity index is 1320. The Hall–Kier alpha value is -3.91. The van der Waals surface area contributed by atoms with E-state index in [1.165, 1.54) is 18.7 Å². The molecule has 164 valence electrons. The van der Waals surface area contributed by atoms with Gasteiger partial charge < -0.3 is 9.47 Å². The fourth-order valence-electron chi connectivity index (χ4n) is 3.71. The smallest absolute Gasteiger partial charge is 0.247 e. The quantitative estimate of drug-likeness (QED) is 0.375. The second-order valence-corrected chi connectivity index (χ2v) is 8.09. The maximum absolute atomic E-state index is 12.9. The number of aromatic nitrogens is 3. The number of hydrogen-bond acceptors (Lipinski definition) is 7. The van der Waals surface area contributed by atoms with E-state index in [-0.39, 0.29) is 5.91 Å². The molecule has 0 saturated carbocycles. The summed E-state index contributed by atoms with van der Waals surface area (Å²) in [4.78, 5) is 19.1. The van der Waals surface area contributed by atoms with Gasteiger partial charge in [0.25, 0.3) is 0 Å². The molecular formula is C25H20N4O3S. The van der Waals surface area contributed by atoms with Crippen LogP contribution in [0.1, 0.15) is 18.7 Å². The van der Waals surface area contributed by atoms with E-state index >= 15 is 0 Å². The maximum atomic E-state index is 12.9. The highest BCUT2D eigenvalue weighted by molar-refractivity contribution is 7.98. The molecule has 1 atom stereocenters. The molecule has 33 heavy (non-hydrogen) atoms. The minimum atomic E-state index is -0.768. The van der Waals surface area contributed by atoms with Gasteiger partial charge in [0, 0.05) is 18.1 Å². The summed E-state index contributed by atoms with van der Waals surface area (Å²) in [5, 5.41) is 9.03. The summed E-state index contributed by atoms with van der Waals surface area (Å²) in [5.41, 5.74) is 2.64. The van der Waals surface area contributed by atoms with Crippen molar-refractivity contribution < 1.29 is 14.3 Å². The van der Waals surface area contributed by atoms with Gasteiger partial charge in [-0.25, -0.2) is 0 Å². The zero-order valence-electron chi connectivity index (χ0n) is 18.0. The summed E-state index contributed by atoms with van der Waals surface area (Å²) in [7, 11) is 0. The van der Waals surface area contributed by atoms with E-state index in [0.717, 1.165) is 16.9 Å². The molecule has 1 aliphatic rings. The minimum absolute atomic E-state index is 0.173. The van der Waals surface area contributed by atoms with Crippen molar-refractivity contribution in [2.24, 2.45) is 0 Å². The Balaban J connectivity index is 1.63. The van der Waals surface area contributed by atoms with Crippen LogP contribution in [-0.4, -0.2) is 27.3 Å². The van der Waals surface area contributed by atoms with Crippen LogP contribution in [-0.2, 0) is 4.79 Å². The molecule has 1 aromatic heterocycles. The topological polar surface area (TPSA) is 77.4 Å². The van der Waals surface area contributed by atoms with Crippen LogP contribution in [0.25, 0.3) is 11.3 Å². The molecule has 5 rings (SSSR count). The summed E-state index contributed by atoms with van der Waals surface area (Å²) >= 11 is 1.37. The van der Waals surface area contributed by atoms with E-state index < -0.39 is 6.23 Å². The minimum Gasteiger partial charge on any atom is -0.457 e. The number of carbonyl (C=O) groups is 1. The number of anilines is 1. The summed E-state index contributed by atoms with van der Waals surface area (Å²) in [6.07, 6.45) is 1.10. The van der Waals surface area contributed by atoms with Gasteiger partial charge in [0.1, 0.15) is 11.5 Å². The second-order valence-electron chi connectivity index (χ2n) is 7.32. The lowest BCUT2D eigenvalue weighted by molar-refractivity contribution is -0.118. The van der Waals surface area contributed by atoms with E-state index in [1.807, 2.05) is 85.1 Å². The molecule has 4 aromatic rings. The number of fused-ring (bicyclic) bond motifs is 3. The van der Waals surface area contributed by atoms with E-state index in [2.05, 4.69) is 15.2 Å². The van der Waals surface area contributed by atoms with Crippen molar-refractivity contribution in [1.82, 2.24) is 15.2 Å². The van der Waals surface area contributed by atoms with Crippen molar-refractivity contribution in [1.29, 1.82) is 0 Å². The summed E-state index contributed by atoms with van der Waals surface area (Å²) < 4.78 is 12.4. The van der Waals surface area contributed by atoms with E-state index in [0.29, 0.717) is 28.2 Å². The Morgan fingerprint density at radius 2 is 1.73 bits per heavy atom. The monoisotopic (exact) mass is 456 g/mol. The van der Waals surface area contributed by atoms with Gasteiger partial charge in [-0.1, -0.05) is 60.3 Å². The molecule has 0 spiro atoms. The van der Waals surface area contributed by atoms with E-state index in [9.17, 15) is 4.79 Å². The number of benzene rings is 3. The Morgan fingerprint density at radius 1 is 0.970 bits per heavy atom. The molecule has 1 amide bonds. The van der Waals surface area contributed by atoms with Crippen molar-refractivity contribution >= 4 is 23.4 Å². The third-order valence-electron chi connectivity index (χ3n) is 5.16. The fraction of sp³-hybridized carbons (Fsp3) is 0.120. The van der Waals surface area contributed by atoms with Gasteiger partial charge in [-0.3, -0.25) is 9.69 Å². The van der Waals surface area contributed by atoms with Crippen LogP contribution in [0.4, 0.5) is 5.69 Å². The van der Waals surface area contributed by atoms with Gasteiger partial charge in [-0.15, -0.1) is 10.2 Å². The van der Waals surface area contributed by atoms with Gasteiger partial charge in [-0.2, -0.15) is 4.98 Å². The SMILES string of the molecule is CSc1nnc2c(n1)O[C@H](c1cccc(Oc3ccccc3)c1)N(C(C)=O)c1ccccc1-2. The van der Waals surface area contributed by atoms with Crippen molar-refractivity contribution in [3.05, 3.63) is 84.4 Å². The summed E-state index contributed by atoms with van der Waals surface area (Å²) in [6.45, 7) is 1.51. The Labute approximate surface area is 195 Å². The van der Waals surface area contributed by atoms with Gasteiger partial charge >= 0.3 is 0 Å². The second kappa shape index (κ2) is 8.91. The number of thioether (sulfide) groups is 1. The zero-order valence-corrected chi connectivity index (χ0v) is 18.8. The molecule has 2 heterocycles. The maximum Gasteiger partial charge on any atom is 0.247 e. The molecule has 0 fully saturated rings. The molecule has 0 bridgehead atoms. The number of nitrogens with zero attached hydrogens (tertiary/aromatic N) is 4. The van der Waals surface area contributed by atoms with Gasteiger partial charge in [0.05, 0.1) is 5.69 Å². The van der Waals surface area contributed by atoms with Crippen LogP contribution in [0.2, 0.25) is 0 Å². The highest BCUT2D eigenvalue weighted by Crippen LogP contribution is 2.43. The molecule has 0 N–H and O–H groups in total. The van der Waals surface area contributed by atoms with Crippen LogP contribution in [0.5, 0.6) is 17.4 Å². The number of carbonyl (C=O) groups excluding carboxylic acids is 1. The predicted molar refractivity (Wildman–Crippen MR) is 127 cm³/mol. The Morgan fingerprint density at radius 3 is 2.52 bits per heavy atom. The lowest BCUT2D eigenvalue weighted by Gasteiger charge is -2.30. The van der Waals surface area contributed by atoms with Crippen molar-refractivity contribution in [2.45, 2.75) is 18.3 Å². The van der Waals surface area contributed by atoms with Crippen LogP contribution in [0.15, 0.2) is 84.0 Å². The largest absolute Gasteiger partial charge is 0.457 e. The first-order chi connectivity index (χ1) is 16.1. The average molecular weight is 457 g/mol. The zero-order chi connectivity index (χ0) is 22.8. The summed E-state index contributed by atoms with van der Waals surface area (Å²) in [6, 6.07) is 24.6. The molecule has 0 aliphatic carbocycles. The van der Waals surface area contributed by atoms with Crippen LogP contribution in [0, 0.1) is 0 Å². The average Bonchev–Trinajstić information content (AvgIpc) is 2.99. The van der Waals surface area contributed by atoms with E-state index in [4.69, 9.17) is 9.47 Å². The highest BCUT2D eigenvalue weighted by atomic mass is 32.2. The molecule has 3 aromatic carbocycles. The number of rotatable bonds is 4. The van der Waals surface area contributed by atoms with Crippen molar-refractivity contribution in [3.8, 4) is 28.6 Å². The number of ether oxygens (including phenoxy) is 2. The number of hydrogen-bond donors (Lipinski definition) is 0. The summed E-state index contributed by atoms with van der Waals surface area (Å²) in [5.74, 6) is 1.50. The molecule has 7 nitrogen and oxygen atoms in total. The van der Waals surface area contributed by atoms with Crippen LogP contribution in [0.3, 0.4) is 0 Å². The van der Waals surface area contributed by atoms with Crippen LogP contribution >= 0.6 is 11.8 Å². The molecule has 1 aliphatic heterocycles. The van der Waals surface area contributed by atoms with Gasteiger partial charge in [0.15, 0.2) is 5.69 Å². The third kappa shape index (κ3) is 4.12. The lowest BCUT2D eigenvalue weighted by atomic mass is 10.1. The first kappa shape index (κ1) is 21.0. The van der Waals surface area contributed by atoms with Crippen molar-refractivity contribution in [2.75, 3.05) is 11.2 Å². The lowest BCUT2D eigenvalue weighted by Crippen LogP contribution is -2.36. The normalized spacial score (nSPS) is 14.5. The van der Waals surface area contributed by atoms with Gasteiger partial charge in [-0.05, 0) is 36.6 Å². The fourth-order valence-corrected chi connectivity index (χ4v) is 4.01. The molecular weight excluding hydrogens is 436 g/mol. The highest BCUT2D eigenvalue weighted by Gasteiger charge is 2.34. The molecule has 8 heteroatoms. The predicted octanol–water partition coefficient (Wildman–Crippen LogP) is 5.50.